The Labute approximate surface area is 190 Å². The molecule has 0 radical (unpaired) electrons. The van der Waals surface area contributed by atoms with Crippen molar-refractivity contribution in [2.24, 2.45) is 5.92 Å². The van der Waals surface area contributed by atoms with Crippen LogP contribution in [0.25, 0.3) is 11.3 Å². The lowest BCUT2D eigenvalue weighted by Gasteiger charge is -2.19. The van der Waals surface area contributed by atoms with Gasteiger partial charge in [-0.3, -0.25) is 9.59 Å². The number of amides is 2. The lowest BCUT2D eigenvalue weighted by Crippen LogP contribution is -2.47. The fraction of sp³-hybridized carbons (Fsp3) is 0.261. The zero-order valence-electron chi connectivity index (χ0n) is 17.8. The molecule has 0 bridgehead atoms. The van der Waals surface area contributed by atoms with Crippen LogP contribution in [0.3, 0.4) is 0 Å². The van der Waals surface area contributed by atoms with Crippen molar-refractivity contribution in [3.63, 3.8) is 0 Å². The molecular weight excluding hydrogens is 424 g/mol. The summed E-state index contributed by atoms with van der Waals surface area (Å²) >= 11 is 1.46. The van der Waals surface area contributed by atoms with Gasteiger partial charge in [0.2, 0.25) is 5.91 Å². The molecule has 2 amide bonds. The van der Waals surface area contributed by atoms with Crippen LogP contribution < -0.4 is 16.0 Å². The van der Waals surface area contributed by atoms with Crippen molar-refractivity contribution < 1.29 is 9.59 Å². The monoisotopic (exact) mass is 448 g/mol. The van der Waals surface area contributed by atoms with E-state index in [1.54, 1.807) is 18.3 Å². The van der Waals surface area contributed by atoms with E-state index < -0.39 is 6.04 Å². The molecule has 0 fully saturated rings. The van der Waals surface area contributed by atoms with Gasteiger partial charge in [-0.25, -0.2) is 9.97 Å². The van der Waals surface area contributed by atoms with Gasteiger partial charge >= 0.3 is 0 Å². The first-order chi connectivity index (χ1) is 15.5. The molecule has 32 heavy (non-hydrogen) atoms. The number of nitriles is 1. The summed E-state index contributed by atoms with van der Waals surface area (Å²) in [6, 6.07) is 13.8. The van der Waals surface area contributed by atoms with Crippen LogP contribution >= 0.6 is 11.3 Å². The minimum absolute atomic E-state index is 0.0944. The molecule has 0 aliphatic heterocycles. The summed E-state index contributed by atoms with van der Waals surface area (Å²) in [5, 5.41) is 19.8. The van der Waals surface area contributed by atoms with E-state index in [1.165, 1.54) is 11.3 Å². The van der Waals surface area contributed by atoms with E-state index in [0.717, 1.165) is 22.2 Å². The predicted octanol–water partition coefficient (Wildman–Crippen LogP) is 3.73. The third kappa shape index (κ3) is 6.36. The van der Waals surface area contributed by atoms with E-state index in [1.807, 2.05) is 55.6 Å². The van der Waals surface area contributed by atoms with Gasteiger partial charge in [-0.1, -0.05) is 32.0 Å². The molecule has 2 aromatic heterocycles. The smallest absolute Gasteiger partial charge is 0.251 e. The fourth-order valence-electron chi connectivity index (χ4n) is 3.00. The quantitative estimate of drug-likeness (QED) is 0.429. The van der Waals surface area contributed by atoms with Gasteiger partial charge in [0.05, 0.1) is 11.8 Å². The zero-order valence-corrected chi connectivity index (χ0v) is 18.6. The minimum atomic E-state index is -0.700. The second-order valence-electron chi connectivity index (χ2n) is 7.49. The number of carbonyl (C=O) groups is 2. The first kappa shape index (κ1) is 22.9. The van der Waals surface area contributed by atoms with Crippen molar-refractivity contribution >= 4 is 34.1 Å². The van der Waals surface area contributed by atoms with Crippen LogP contribution in [0, 0.1) is 17.2 Å². The van der Waals surface area contributed by atoms with Crippen molar-refractivity contribution in [2.75, 3.05) is 11.9 Å². The Morgan fingerprint density at radius 2 is 1.94 bits per heavy atom. The summed E-state index contributed by atoms with van der Waals surface area (Å²) in [4.78, 5) is 33.8. The summed E-state index contributed by atoms with van der Waals surface area (Å²) in [5.74, 6) is 0.218. The summed E-state index contributed by atoms with van der Waals surface area (Å²) < 4.78 is 0. The zero-order chi connectivity index (χ0) is 22.9. The number of aromatic nitrogens is 2. The number of nitrogens with one attached hydrogen (secondary N) is 3. The Balaban J connectivity index is 1.66. The van der Waals surface area contributed by atoms with E-state index in [-0.39, 0.29) is 24.3 Å². The first-order valence-electron chi connectivity index (χ1n) is 10.2. The molecule has 0 saturated carbocycles. The van der Waals surface area contributed by atoms with Gasteiger partial charge in [-0.15, -0.1) is 11.3 Å². The summed E-state index contributed by atoms with van der Waals surface area (Å²) in [6.07, 6.45) is 2.19. The van der Waals surface area contributed by atoms with Crippen LogP contribution in [-0.2, 0) is 4.79 Å². The van der Waals surface area contributed by atoms with Crippen LogP contribution in [0.4, 0.5) is 10.9 Å². The Hall–Kier alpha value is -3.77. The summed E-state index contributed by atoms with van der Waals surface area (Å²) in [7, 11) is 0. The molecule has 0 aliphatic carbocycles. The number of anilines is 2. The van der Waals surface area contributed by atoms with Crippen molar-refractivity contribution in [3.05, 3.63) is 59.6 Å². The van der Waals surface area contributed by atoms with Crippen molar-refractivity contribution in [1.82, 2.24) is 20.6 Å². The van der Waals surface area contributed by atoms with E-state index in [0.29, 0.717) is 12.0 Å². The molecule has 8 nitrogen and oxygen atoms in total. The third-order valence-corrected chi connectivity index (χ3v) is 5.28. The molecule has 0 spiro atoms. The van der Waals surface area contributed by atoms with Crippen LogP contribution in [0.5, 0.6) is 0 Å². The third-order valence-electron chi connectivity index (χ3n) is 4.52. The molecule has 1 aromatic carbocycles. The van der Waals surface area contributed by atoms with Crippen LogP contribution in [0.2, 0.25) is 0 Å². The SMILES string of the molecule is CC(C)C[C@H](NC(=O)c1ccc(-c2csc(Nc3ccccn3)n2)cc1)C(=O)NCC#N. The fourth-order valence-corrected chi connectivity index (χ4v) is 3.72. The number of pyridine rings is 1. The second-order valence-corrected chi connectivity index (χ2v) is 8.34. The maximum Gasteiger partial charge on any atom is 0.251 e. The topological polar surface area (TPSA) is 120 Å². The molecule has 3 N–H and O–H groups in total. The maximum absolute atomic E-state index is 12.7. The largest absolute Gasteiger partial charge is 0.341 e. The highest BCUT2D eigenvalue weighted by Crippen LogP contribution is 2.26. The van der Waals surface area contributed by atoms with Crippen LogP contribution in [-0.4, -0.2) is 34.4 Å². The molecule has 164 valence electrons. The standard InChI is InChI=1S/C23H24N6O2S/c1-15(2)13-18(22(31)26-12-10-24)27-21(30)17-8-6-16(7-9-17)19-14-32-23(28-19)29-20-5-3-4-11-25-20/h3-9,11,14-15,18H,12-13H2,1-2H3,(H,26,31)(H,27,30)(H,25,28,29)/t18-/m0/s1. The Bertz CT molecular complexity index is 1090. The molecule has 9 heteroatoms. The van der Waals surface area contributed by atoms with E-state index in [9.17, 15) is 9.59 Å². The normalized spacial score (nSPS) is 11.4. The molecule has 3 rings (SSSR count). The van der Waals surface area contributed by atoms with Crippen molar-refractivity contribution in [3.8, 4) is 17.3 Å². The molecule has 0 aliphatic rings. The van der Waals surface area contributed by atoms with Gasteiger partial charge in [-0.05, 0) is 36.6 Å². The number of hydrogen-bond donors (Lipinski definition) is 3. The molecule has 0 unspecified atom stereocenters. The average Bonchev–Trinajstić information content (AvgIpc) is 3.26. The molecule has 2 heterocycles. The van der Waals surface area contributed by atoms with E-state index in [4.69, 9.17) is 5.26 Å². The van der Waals surface area contributed by atoms with E-state index >= 15 is 0 Å². The lowest BCUT2D eigenvalue weighted by molar-refractivity contribution is -0.123. The number of carbonyl (C=O) groups excluding carboxylic acids is 2. The average molecular weight is 449 g/mol. The number of nitrogens with zero attached hydrogens (tertiary/aromatic N) is 3. The molecule has 3 aromatic rings. The van der Waals surface area contributed by atoms with Gasteiger partial charge in [-0.2, -0.15) is 5.26 Å². The van der Waals surface area contributed by atoms with Gasteiger partial charge in [0.25, 0.3) is 5.91 Å². The number of thiazole rings is 1. The van der Waals surface area contributed by atoms with E-state index in [2.05, 4.69) is 25.9 Å². The minimum Gasteiger partial charge on any atom is -0.341 e. The Morgan fingerprint density at radius 1 is 1.16 bits per heavy atom. The lowest BCUT2D eigenvalue weighted by atomic mass is 10.0. The Morgan fingerprint density at radius 3 is 2.59 bits per heavy atom. The number of rotatable bonds is 9. The molecular formula is C23H24N6O2S. The van der Waals surface area contributed by atoms with Gasteiger partial charge in [0.15, 0.2) is 5.13 Å². The second kappa shape index (κ2) is 11.0. The van der Waals surface area contributed by atoms with Crippen LogP contribution in [0.1, 0.15) is 30.6 Å². The first-order valence-corrected chi connectivity index (χ1v) is 11.0. The maximum atomic E-state index is 12.7. The van der Waals surface area contributed by atoms with Gasteiger partial charge < -0.3 is 16.0 Å². The Kier molecular flexibility index (Phi) is 7.89. The summed E-state index contributed by atoms with van der Waals surface area (Å²) in [5.41, 5.74) is 2.10. The van der Waals surface area contributed by atoms with Crippen molar-refractivity contribution in [2.45, 2.75) is 26.3 Å². The van der Waals surface area contributed by atoms with Gasteiger partial charge in [0, 0.05) is 22.7 Å². The number of hydrogen-bond acceptors (Lipinski definition) is 7. The highest BCUT2D eigenvalue weighted by atomic mass is 32.1. The highest BCUT2D eigenvalue weighted by molar-refractivity contribution is 7.14. The molecule has 0 saturated heterocycles. The highest BCUT2D eigenvalue weighted by Gasteiger charge is 2.22. The molecule has 1 atom stereocenters. The number of benzene rings is 1. The predicted molar refractivity (Wildman–Crippen MR) is 124 cm³/mol. The van der Waals surface area contributed by atoms with Crippen LogP contribution in [0.15, 0.2) is 54.0 Å². The van der Waals surface area contributed by atoms with Crippen molar-refractivity contribution in [1.29, 1.82) is 5.26 Å². The summed E-state index contributed by atoms with van der Waals surface area (Å²) in [6.45, 7) is 3.84. The van der Waals surface area contributed by atoms with Gasteiger partial charge in [0.1, 0.15) is 18.4 Å².